The molecule has 1 aliphatic rings. The SMILES string of the molecule is CCOC(=O)C=Cc1ccc(NC(=O)c2ccc3c(c2)OCO3)cc1. The molecule has 25 heavy (non-hydrogen) atoms. The van der Waals surface area contributed by atoms with E-state index in [-0.39, 0.29) is 18.7 Å². The van der Waals surface area contributed by atoms with E-state index in [2.05, 4.69) is 5.32 Å². The molecule has 0 radical (unpaired) electrons. The highest BCUT2D eigenvalue weighted by molar-refractivity contribution is 6.04. The molecule has 128 valence electrons. The van der Waals surface area contributed by atoms with Gasteiger partial charge in [0.15, 0.2) is 11.5 Å². The number of fused-ring (bicyclic) bond motifs is 1. The zero-order valence-electron chi connectivity index (χ0n) is 13.7. The predicted molar refractivity (Wildman–Crippen MR) is 92.6 cm³/mol. The lowest BCUT2D eigenvalue weighted by atomic mass is 10.1. The second-order valence-corrected chi connectivity index (χ2v) is 5.23. The Balaban J connectivity index is 1.63. The number of hydrogen-bond acceptors (Lipinski definition) is 5. The fourth-order valence-corrected chi connectivity index (χ4v) is 2.27. The molecule has 2 aromatic carbocycles. The highest BCUT2D eigenvalue weighted by Crippen LogP contribution is 2.32. The Bertz CT molecular complexity index is 811. The summed E-state index contributed by atoms with van der Waals surface area (Å²) in [5.74, 6) is 0.567. The van der Waals surface area contributed by atoms with E-state index in [0.717, 1.165) is 5.56 Å². The molecule has 1 N–H and O–H groups in total. The van der Waals surface area contributed by atoms with Crippen LogP contribution in [0.1, 0.15) is 22.8 Å². The number of esters is 1. The van der Waals surface area contributed by atoms with Crippen LogP contribution in [0.5, 0.6) is 11.5 Å². The maximum Gasteiger partial charge on any atom is 0.330 e. The Kier molecular flexibility index (Phi) is 4.99. The van der Waals surface area contributed by atoms with Gasteiger partial charge in [-0.2, -0.15) is 0 Å². The third kappa shape index (κ3) is 4.17. The summed E-state index contributed by atoms with van der Waals surface area (Å²) in [6.45, 7) is 2.26. The lowest BCUT2D eigenvalue weighted by Gasteiger charge is -2.06. The van der Waals surface area contributed by atoms with Crippen molar-refractivity contribution in [2.24, 2.45) is 0 Å². The van der Waals surface area contributed by atoms with Crippen LogP contribution < -0.4 is 14.8 Å². The summed E-state index contributed by atoms with van der Waals surface area (Å²) < 4.78 is 15.3. The van der Waals surface area contributed by atoms with Crippen molar-refractivity contribution in [3.63, 3.8) is 0 Å². The molecule has 0 saturated heterocycles. The van der Waals surface area contributed by atoms with Gasteiger partial charge in [0.05, 0.1) is 6.61 Å². The van der Waals surface area contributed by atoms with Gasteiger partial charge in [-0.25, -0.2) is 4.79 Å². The molecule has 0 fully saturated rings. The molecule has 2 aromatic rings. The van der Waals surface area contributed by atoms with Gasteiger partial charge in [0.2, 0.25) is 6.79 Å². The van der Waals surface area contributed by atoms with E-state index < -0.39 is 0 Å². The number of hydrogen-bond donors (Lipinski definition) is 1. The minimum Gasteiger partial charge on any atom is -0.463 e. The van der Waals surface area contributed by atoms with Crippen LogP contribution in [0.4, 0.5) is 5.69 Å². The van der Waals surface area contributed by atoms with Crippen molar-refractivity contribution < 1.29 is 23.8 Å². The van der Waals surface area contributed by atoms with Crippen molar-refractivity contribution in [1.82, 2.24) is 0 Å². The van der Waals surface area contributed by atoms with Gasteiger partial charge in [-0.15, -0.1) is 0 Å². The third-order valence-electron chi connectivity index (χ3n) is 3.50. The summed E-state index contributed by atoms with van der Waals surface area (Å²) in [5, 5.41) is 2.81. The maximum absolute atomic E-state index is 12.3. The van der Waals surface area contributed by atoms with E-state index in [1.165, 1.54) is 6.08 Å². The molecule has 0 spiro atoms. The fourth-order valence-electron chi connectivity index (χ4n) is 2.27. The van der Waals surface area contributed by atoms with Crippen molar-refractivity contribution in [3.05, 3.63) is 59.7 Å². The monoisotopic (exact) mass is 339 g/mol. The first-order valence-electron chi connectivity index (χ1n) is 7.81. The molecule has 6 heteroatoms. The summed E-state index contributed by atoms with van der Waals surface area (Å²) in [6, 6.07) is 12.1. The number of anilines is 1. The lowest BCUT2D eigenvalue weighted by Crippen LogP contribution is -2.11. The van der Waals surface area contributed by atoms with Crippen molar-refractivity contribution in [2.75, 3.05) is 18.7 Å². The minimum atomic E-state index is -0.386. The Morgan fingerprint density at radius 1 is 1.12 bits per heavy atom. The second-order valence-electron chi connectivity index (χ2n) is 5.23. The molecule has 0 aromatic heterocycles. The molecule has 3 rings (SSSR count). The maximum atomic E-state index is 12.3. The van der Waals surface area contributed by atoms with Gasteiger partial charge >= 0.3 is 5.97 Å². The van der Waals surface area contributed by atoms with Crippen LogP contribution >= 0.6 is 0 Å². The highest BCUT2D eigenvalue weighted by atomic mass is 16.7. The average molecular weight is 339 g/mol. The van der Waals surface area contributed by atoms with Gasteiger partial charge in [0.25, 0.3) is 5.91 Å². The minimum absolute atomic E-state index is 0.168. The van der Waals surface area contributed by atoms with Crippen molar-refractivity contribution in [2.45, 2.75) is 6.92 Å². The quantitative estimate of drug-likeness (QED) is 0.669. The van der Waals surface area contributed by atoms with Gasteiger partial charge < -0.3 is 19.5 Å². The predicted octanol–water partition coefficient (Wildman–Crippen LogP) is 3.24. The van der Waals surface area contributed by atoms with Crippen molar-refractivity contribution in [3.8, 4) is 11.5 Å². The average Bonchev–Trinajstić information content (AvgIpc) is 3.09. The fraction of sp³-hybridized carbons (Fsp3) is 0.158. The first-order chi connectivity index (χ1) is 12.2. The molecule has 0 bridgehead atoms. The standard InChI is InChI=1S/C19H17NO5/c1-2-23-18(21)10-5-13-3-7-15(8-4-13)20-19(22)14-6-9-16-17(11-14)25-12-24-16/h3-11H,2,12H2,1H3,(H,20,22). The third-order valence-corrected chi connectivity index (χ3v) is 3.50. The highest BCUT2D eigenvalue weighted by Gasteiger charge is 2.16. The topological polar surface area (TPSA) is 73.9 Å². The summed E-state index contributed by atoms with van der Waals surface area (Å²) in [4.78, 5) is 23.6. The van der Waals surface area contributed by atoms with Gasteiger partial charge in [-0.1, -0.05) is 12.1 Å². The Labute approximate surface area is 145 Å². The van der Waals surface area contributed by atoms with E-state index in [1.807, 2.05) is 0 Å². The molecule has 1 aliphatic heterocycles. The second kappa shape index (κ2) is 7.53. The number of ether oxygens (including phenoxy) is 3. The van der Waals surface area contributed by atoms with Crippen molar-refractivity contribution in [1.29, 1.82) is 0 Å². The van der Waals surface area contributed by atoms with Gasteiger partial charge in [-0.05, 0) is 48.9 Å². The van der Waals surface area contributed by atoms with E-state index in [9.17, 15) is 9.59 Å². The van der Waals surface area contributed by atoms with E-state index in [1.54, 1.807) is 55.5 Å². The molecule has 0 atom stereocenters. The normalized spacial score (nSPS) is 12.2. The van der Waals surface area contributed by atoms with Crippen LogP contribution in [0.15, 0.2) is 48.5 Å². The molecule has 0 aliphatic carbocycles. The Morgan fingerprint density at radius 2 is 1.88 bits per heavy atom. The van der Waals surface area contributed by atoms with Crippen LogP contribution in [0.25, 0.3) is 6.08 Å². The van der Waals surface area contributed by atoms with Crippen LogP contribution in [-0.4, -0.2) is 25.3 Å². The van der Waals surface area contributed by atoms with Gasteiger partial charge in [-0.3, -0.25) is 4.79 Å². The molecule has 0 saturated carbocycles. The summed E-state index contributed by atoms with van der Waals surface area (Å²) in [6.07, 6.45) is 3.02. The van der Waals surface area contributed by atoms with E-state index in [0.29, 0.717) is 29.4 Å². The first kappa shape index (κ1) is 16.6. The smallest absolute Gasteiger partial charge is 0.330 e. The van der Waals surface area contributed by atoms with Gasteiger partial charge in [0.1, 0.15) is 0 Å². The Hall–Kier alpha value is -3.28. The molecule has 1 heterocycles. The number of nitrogens with one attached hydrogen (secondary N) is 1. The van der Waals surface area contributed by atoms with Crippen LogP contribution in [-0.2, 0) is 9.53 Å². The van der Waals surface area contributed by atoms with Crippen LogP contribution in [0, 0.1) is 0 Å². The number of benzene rings is 2. The number of carbonyl (C=O) groups is 2. The zero-order valence-corrected chi connectivity index (χ0v) is 13.7. The molecule has 6 nitrogen and oxygen atoms in total. The van der Waals surface area contributed by atoms with Crippen LogP contribution in [0.3, 0.4) is 0 Å². The lowest BCUT2D eigenvalue weighted by molar-refractivity contribution is -0.137. The van der Waals surface area contributed by atoms with Gasteiger partial charge in [0, 0.05) is 17.3 Å². The molecule has 1 amide bonds. The first-order valence-corrected chi connectivity index (χ1v) is 7.81. The zero-order chi connectivity index (χ0) is 17.6. The Morgan fingerprint density at radius 3 is 2.64 bits per heavy atom. The summed E-state index contributed by atoms with van der Waals surface area (Å²) in [7, 11) is 0. The number of carbonyl (C=O) groups excluding carboxylic acids is 2. The van der Waals surface area contributed by atoms with Crippen molar-refractivity contribution >= 4 is 23.6 Å². The number of amides is 1. The molecular weight excluding hydrogens is 322 g/mol. The van der Waals surface area contributed by atoms with E-state index >= 15 is 0 Å². The van der Waals surface area contributed by atoms with Crippen LogP contribution in [0.2, 0.25) is 0 Å². The summed E-state index contributed by atoms with van der Waals surface area (Å²) in [5.41, 5.74) is 1.96. The summed E-state index contributed by atoms with van der Waals surface area (Å²) >= 11 is 0. The largest absolute Gasteiger partial charge is 0.463 e. The number of rotatable bonds is 5. The molecular formula is C19H17NO5. The van der Waals surface area contributed by atoms with E-state index in [4.69, 9.17) is 14.2 Å². The molecule has 0 unspecified atom stereocenters.